The maximum atomic E-state index is 8.97. The number of hydrogen-bond donors (Lipinski definition) is 1. The zero-order valence-corrected chi connectivity index (χ0v) is 12.6. The van der Waals surface area contributed by atoms with Crippen molar-refractivity contribution in [2.75, 3.05) is 19.7 Å². The van der Waals surface area contributed by atoms with Gasteiger partial charge in [0.15, 0.2) is 0 Å². The van der Waals surface area contributed by atoms with E-state index in [4.69, 9.17) is 5.11 Å². The van der Waals surface area contributed by atoms with E-state index in [2.05, 4.69) is 41.2 Å². The van der Waals surface area contributed by atoms with Gasteiger partial charge in [-0.2, -0.15) is 5.10 Å². The minimum absolute atomic E-state index is 0.118. The molecule has 3 rings (SSSR count). The third-order valence-electron chi connectivity index (χ3n) is 4.35. The van der Waals surface area contributed by atoms with Crippen molar-refractivity contribution in [3.8, 4) is 11.1 Å². The minimum atomic E-state index is 0.118. The first-order chi connectivity index (χ1) is 10.3. The molecule has 1 fully saturated rings. The second-order valence-corrected chi connectivity index (χ2v) is 5.76. The second-order valence-electron chi connectivity index (χ2n) is 5.76. The topological polar surface area (TPSA) is 41.3 Å². The van der Waals surface area contributed by atoms with Crippen molar-refractivity contribution in [3.63, 3.8) is 0 Å². The standard InChI is InChI=1S/C17H23N3O/c1-14(19-7-2-3-8-19)15-5-4-6-16(11-15)17-12-18-20(13-17)9-10-21/h4-6,11-14,21H,2-3,7-10H2,1H3/t14-/m0/s1. The molecule has 1 aromatic heterocycles. The molecule has 4 nitrogen and oxygen atoms in total. The van der Waals surface area contributed by atoms with E-state index in [1.165, 1.54) is 37.1 Å². The molecule has 112 valence electrons. The van der Waals surface area contributed by atoms with Gasteiger partial charge in [-0.3, -0.25) is 9.58 Å². The molecule has 2 aromatic rings. The lowest BCUT2D eigenvalue weighted by Crippen LogP contribution is -2.23. The summed E-state index contributed by atoms with van der Waals surface area (Å²) in [7, 11) is 0. The van der Waals surface area contributed by atoms with Gasteiger partial charge in [0.1, 0.15) is 0 Å². The van der Waals surface area contributed by atoms with Crippen LogP contribution in [0.4, 0.5) is 0 Å². The largest absolute Gasteiger partial charge is 0.394 e. The normalized spacial score (nSPS) is 17.2. The molecular formula is C17H23N3O. The second kappa shape index (κ2) is 6.41. The molecular weight excluding hydrogens is 262 g/mol. The van der Waals surface area contributed by atoms with Gasteiger partial charge in [-0.15, -0.1) is 0 Å². The molecule has 0 bridgehead atoms. The molecule has 0 spiro atoms. The fraction of sp³-hybridized carbons (Fsp3) is 0.471. The van der Waals surface area contributed by atoms with E-state index >= 15 is 0 Å². The number of nitrogens with zero attached hydrogens (tertiary/aromatic N) is 3. The van der Waals surface area contributed by atoms with Crippen molar-refractivity contribution in [1.82, 2.24) is 14.7 Å². The Hall–Kier alpha value is -1.65. The van der Waals surface area contributed by atoms with Gasteiger partial charge in [0.25, 0.3) is 0 Å². The molecule has 0 amide bonds. The summed E-state index contributed by atoms with van der Waals surface area (Å²) in [4.78, 5) is 2.55. The molecule has 4 heteroatoms. The molecule has 0 aliphatic carbocycles. The van der Waals surface area contributed by atoms with Crippen molar-refractivity contribution >= 4 is 0 Å². The number of hydrogen-bond acceptors (Lipinski definition) is 3. The van der Waals surface area contributed by atoms with Crippen LogP contribution in [0.3, 0.4) is 0 Å². The van der Waals surface area contributed by atoms with E-state index < -0.39 is 0 Å². The van der Waals surface area contributed by atoms with Crippen LogP contribution in [0.25, 0.3) is 11.1 Å². The van der Waals surface area contributed by atoms with Crippen LogP contribution in [-0.4, -0.2) is 39.5 Å². The van der Waals surface area contributed by atoms with E-state index in [9.17, 15) is 0 Å². The van der Waals surface area contributed by atoms with Gasteiger partial charge in [0, 0.05) is 17.8 Å². The zero-order chi connectivity index (χ0) is 14.7. The lowest BCUT2D eigenvalue weighted by Gasteiger charge is -2.24. The molecule has 1 aliphatic rings. The number of aromatic nitrogens is 2. The number of aliphatic hydroxyl groups is 1. The van der Waals surface area contributed by atoms with E-state index in [1.54, 1.807) is 4.68 Å². The maximum absolute atomic E-state index is 8.97. The summed E-state index contributed by atoms with van der Waals surface area (Å²) in [5.41, 5.74) is 3.67. The molecule has 1 N–H and O–H groups in total. The highest BCUT2D eigenvalue weighted by Gasteiger charge is 2.19. The number of rotatable bonds is 5. The molecule has 1 atom stereocenters. The average Bonchev–Trinajstić information content (AvgIpc) is 3.18. The predicted molar refractivity (Wildman–Crippen MR) is 84.0 cm³/mol. The molecule has 1 aromatic carbocycles. The summed E-state index contributed by atoms with van der Waals surface area (Å²) >= 11 is 0. The van der Waals surface area contributed by atoms with E-state index in [-0.39, 0.29) is 6.61 Å². The molecule has 0 unspecified atom stereocenters. The zero-order valence-electron chi connectivity index (χ0n) is 12.6. The Labute approximate surface area is 126 Å². The van der Waals surface area contributed by atoms with Gasteiger partial charge in [-0.05, 0) is 50.0 Å². The summed E-state index contributed by atoms with van der Waals surface area (Å²) in [6.45, 7) is 5.37. The van der Waals surface area contributed by atoms with Gasteiger partial charge in [-0.25, -0.2) is 0 Å². The van der Waals surface area contributed by atoms with Crippen LogP contribution in [0.2, 0.25) is 0 Å². The van der Waals surface area contributed by atoms with Crippen LogP contribution in [0.15, 0.2) is 36.7 Å². The number of aliphatic hydroxyl groups excluding tert-OH is 1. The van der Waals surface area contributed by atoms with E-state index in [0.717, 1.165) is 5.56 Å². The van der Waals surface area contributed by atoms with Gasteiger partial charge >= 0.3 is 0 Å². The molecule has 0 saturated carbocycles. The van der Waals surface area contributed by atoms with Gasteiger partial charge in [0.2, 0.25) is 0 Å². The van der Waals surface area contributed by atoms with Crippen LogP contribution in [-0.2, 0) is 6.54 Å². The summed E-state index contributed by atoms with van der Waals surface area (Å²) in [5.74, 6) is 0. The fourth-order valence-corrected chi connectivity index (χ4v) is 3.06. The molecule has 0 radical (unpaired) electrons. The number of likely N-dealkylation sites (tertiary alicyclic amines) is 1. The van der Waals surface area contributed by atoms with Crippen LogP contribution < -0.4 is 0 Å². The molecule has 1 saturated heterocycles. The van der Waals surface area contributed by atoms with Crippen molar-refractivity contribution in [2.45, 2.75) is 32.4 Å². The maximum Gasteiger partial charge on any atom is 0.0641 e. The van der Waals surface area contributed by atoms with E-state index in [1.807, 2.05) is 12.4 Å². The molecule has 21 heavy (non-hydrogen) atoms. The minimum Gasteiger partial charge on any atom is -0.394 e. The Bertz CT molecular complexity index is 587. The van der Waals surface area contributed by atoms with Gasteiger partial charge < -0.3 is 5.11 Å². The lowest BCUT2D eigenvalue weighted by molar-refractivity contribution is 0.263. The Morgan fingerprint density at radius 1 is 1.24 bits per heavy atom. The Morgan fingerprint density at radius 2 is 2.05 bits per heavy atom. The highest BCUT2D eigenvalue weighted by molar-refractivity contribution is 5.62. The molecule has 2 heterocycles. The first-order valence-corrected chi connectivity index (χ1v) is 7.75. The van der Waals surface area contributed by atoms with Crippen LogP contribution in [0.5, 0.6) is 0 Å². The Balaban J connectivity index is 1.81. The Kier molecular flexibility index (Phi) is 4.36. The summed E-state index contributed by atoms with van der Waals surface area (Å²) in [5, 5.41) is 13.3. The summed E-state index contributed by atoms with van der Waals surface area (Å²) in [6, 6.07) is 9.20. The van der Waals surface area contributed by atoms with Crippen LogP contribution in [0.1, 0.15) is 31.4 Å². The Morgan fingerprint density at radius 3 is 2.81 bits per heavy atom. The van der Waals surface area contributed by atoms with Crippen molar-refractivity contribution in [2.24, 2.45) is 0 Å². The van der Waals surface area contributed by atoms with Gasteiger partial charge in [0.05, 0.1) is 19.3 Å². The van der Waals surface area contributed by atoms with Gasteiger partial charge in [-0.1, -0.05) is 18.2 Å². The third kappa shape index (κ3) is 3.17. The highest BCUT2D eigenvalue weighted by Crippen LogP contribution is 2.28. The van der Waals surface area contributed by atoms with E-state index in [0.29, 0.717) is 12.6 Å². The quantitative estimate of drug-likeness (QED) is 0.918. The van der Waals surface area contributed by atoms with Crippen molar-refractivity contribution < 1.29 is 5.11 Å². The monoisotopic (exact) mass is 285 g/mol. The third-order valence-corrected chi connectivity index (χ3v) is 4.35. The first-order valence-electron chi connectivity index (χ1n) is 7.75. The van der Waals surface area contributed by atoms with Crippen LogP contribution in [0, 0.1) is 0 Å². The number of benzene rings is 1. The predicted octanol–water partition coefficient (Wildman–Crippen LogP) is 2.70. The smallest absolute Gasteiger partial charge is 0.0641 e. The first kappa shape index (κ1) is 14.3. The molecule has 1 aliphatic heterocycles. The average molecular weight is 285 g/mol. The van der Waals surface area contributed by atoms with Crippen molar-refractivity contribution in [3.05, 3.63) is 42.2 Å². The van der Waals surface area contributed by atoms with Crippen LogP contribution >= 0.6 is 0 Å². The summed E-state index contributed by atoms with van der Waals surface area (Å²) < 4.78 is 1.78. The fourth-order valence-electron chi connectivity index (χ4n) is 3.06. The highest BCUT2D eigenvalue weighted by atomic mass is 16.3. The van der Waals surface area contributed by atoms with Crippen molar-refractivity contribution in [1.29, 1.82) is 0 Å². The summed E-state index contributed by atoms with van der Waals surface area (Å²) in [6.07, 6.45) is 6.50. The SMILES string of the molecule is C[C@@H](c1cccc(-c2cnn(CCO)c2)c1)N1CCCC1. The lowest BCUT2D eigenvalue weighted by atomic mass is 10.0.